The van der Waals surface area contributed by atoms with Crippen molar-refractivity contribution in [3.05, 3.63) is 50.4 Å². The fourth-order valence-electron chi connectivity index (χ4n) is 5.15. The smallest absolute Gasteiger partial charge is 0.408 e. The normalized spacial score (nSPS) is 17.0. The molecule has 0 spiro atoms. The molecule has 1 unspecified atom stereocenters. The number of nitrogens with zero attached hydrogens (tertiary/aromatic N) is 1. The maximum atomic E-state index is 15.9. The van der Waals surface area contributed by atoms with Crippen LogP contribution in [0.3, 0.4) is 0 Å². The van der Waals surface area contributed by atoms with Crippen LogP contribution in [0.1, 0.15) is 86.3 Å². The first kappa shape index (κ1) is 27.2. The number of aromatic nitrogens is 1. The summed E-state index contributed by atoms with van der Waals surface area (Å²) in [5.41, 5.74) is 0.446. The number of thiophene rings is 1. The van der Waals surface area contributed by atoms with Gasteiger partial charge in [-0.15, -0.1) is 11.3 Å². The average molecular weight is 557 g/mol. The molecule has 1 fully saturated rings. The molecular formula is C29H33FN2O6S. The zero-order valence-electron chi connectivity index (χ0n) is 22.8. The number of fused-ring (bicyclic) bond motifs is 2. The van der Waals surface area contributed by atoms with Crippen LogP contribution in [0, 0.1) is 5.82 Å². The van der Waals surface area contributed by atoms with Gasteiger partial charge in [-0.25, -0.2) is 14.0 Å². The van der Waals surface area contributed by atoms with Gasteiger partial charge in [0.1, 0.15) is 17.0 Å². The number of carbonyl (C=O) groups excluding carboxylic acids is 2. The molecule has 1 atom stereocenters. The molecule has 1 N–H and O–H groups in total. The van der Waals surface area contributed by atoms with Crippen molar-refractivity contribution in [3.63, 3.8) is 0 Å². The van der Waals surface area contributed by atoms with Gasteiger partial charge in [-0.2, -0.15) is 0 Å². The molecular weight excluding hydrogens is 523 g/mol. The Labute approximate surface area is 230 Å². The number of carbonyl (C=O) groups is 2. The lowest BCUT2D eigenvalue weighted by Crippen LogP contribution is -2.35. The van der Waals surface area contributed by atoms with Crippen LogP contribution in [0.15, 0.2) is 23.1 Å². The number of ether oxygens (including phenoxy) is 3. The Morgan fingerprint density at radius 2 is 1.95 bits per heavy atom. The SMILES string of the molecule is CCOC(=O)c1cn(C2CC2)c2c(OC)c(-c3cc4c(s3)C(NC(=O)OC(C)(C)C)CCC4)c(F)cc2c1=O. The van der Waals surface area contributed by atoms with Crippen LogP contribution in [0.4, 0.5) is 9.18 Å². The Balaban J connectivity index is 1.63. The largest absolute Gasteiger partial charge is 0.494 e. The van der Waals surface area contributed by atoms with Gasteiger partial charge in [-0.3, -0.25) is 4.79 Å². The zero-order chi connectivity index (χ0) is 28.1. The van der Waals surface area contributed by atoms with Crippen LogP contribution in [0.5, 0.6) is 5.75 Å². The second-order valence-electron chi connectivity index (χ2n) is 11.0. The summed E-state index contributed by atoms with van der Waals surface area (Å²) in [6.07, 6.45) is 5.22. The molecule has 8 nitrogen and oxygen atoms in total. The highest BCUT2D eigenvalue weighted by Crippen LogP contribution is 2.47. The number of alkyl carbamates (subject to hydrolysis) is 1. The molecule has 10 heteroatoms. The summed E-state index contributed by atoms with van der Waals surface area (Å²) >= 11 is 1.41. The summed E-state index contributed by atoms with van der Waals surface area (Å²) in [7, 11) is 1.46. The lowest BCUT2D eigenvalue weighted by atomic mass is 9.94. The van der Waals surface area contributed by atoms with Crippen molar-refractivity contribution in [2.24, 2.45) is 0 Å². The summed E-state index contributed by atoms with van der Waals surface area (Å²) in [6, 6.07) is 2.98. The zero-order valence-corrected chi connectivity index (χ0v) is 23.6. The molecule has 2 aliphatic rings. The number of hydrogen-bond donors (Lipinski definition) is 1. The molecule has 1 saturated carbocycles. The van der Waals surface area contributed by atoms with Crippen molar-refractivity contribution < 1.29 is 28.2 Å². The highest BCUT2D eigenvalue weighted by atomic mass is 32.1. The molecule has 1 amide bonds. The first-order valence-electron chi connectivity index (χ1n) is 13.3. The minimum absolute atomic E-state index is 0.0763. The van der Waals surface area contributed by atoms with E-state index in [9.17, 15) is 14.4 Å². The summed E-state index contributed by atoms with van der Waals surface area (Å²) in [6.45, 7) is 7.24. The maximum absolute atomic E-state index is 15.9. The Morgan fingerprint density at radius 1 is 1.21 bits per heavy atom. The Morgan fingerprint density at radius 3 is 2.59 bits per heavy atom. The van der Waals surface area contributed by atoms with Gasteiger partial charge in [0.05, 0.1) is 36.2 Å². The molecule has 0 aliphatic heterocycles. The van der Waals surface area contributed by atoms with Gasteiger partial charge in [-0.1, -0.05) is 0 Å². The number of methoxy groups -OCH3 is 1. The Kier molecular flexibility index (Phi) is 7.17. The molecule has 3 aromatic rings. The van der Waals surface area contributed by atoms with Crippen molar-refractivity contribution in [3.8, 4) is 16.2 Å². The summed E-state index contributed by atoms with van der Waals surface area (Å²) in [5, 5.41) is 3.05. The van der Waals surface area contributed by atoms with E-state index < -0.39 is 28.9 Å². The van der Waals surface area contributed by atoms with E-state index in [4.69, 9.17) is 14.2 Å². The summed E-state index contributed by atoms with van der Waals surface area (Å²) in [5.74, 6) is -1.09. The molecule has 208 valence electrons. The number of benzene rings is 1. The molecule has 39 heavy (non-hydrogen) atoms. The van der Waals surface area contributed by atoms with Crippen molar-refractivity contribution in [2.75, 3.05) is 13.7 Å². The molecule has 5 rings (SSSR count). The van der Waals surface area contributed by atoms with E-state index in [0.717, 1.165) is 42.5 Å². The lowest BCUT2D eigenvalue weighted by molar-refractivity contribution is 0.0496. The van der Waals surface area contributed by atoms with E-state index >= 15 is 4.39 Å². The van der Waals surface area contributed by atoms with E-state index in [1.54, 1.807) is 6.92 Å². The quantitative estimate of drug-likeness (QED) is 0.359. The molecule has 0 radical (unpaired) electrons. The van der Waals surface area contributed by atoms with Crippen molar-refractivity contribution in [2.45, 2.75) is 77.5 Å². The third-order valence-corrected chi connectivity index (χ3v) is 8.21. The standard InChI is InChI=1S/C29H33FN2O6S/c1-6-37-27(34)18-14-32(16-10-11-16)23-17(24(18)33)13-19(30)22(25(23)36-5)21-12-15-8-7-9-20(26(15)39-21)31-28(35)38-29(2,3)4/h12-14,16,20H,6-11H2,1-5H3,(H,31,35). The lowest BCUT2D eigenvalue weighted by Gasteiger charge is -2.26. The van der Waals surface area contributed by atoms with Crippen LogP contribution in [0.25, 0.3) is 21.3 Å². The number of pyridine rings is 1. The number of rotatable bonds is 6. The first-order valence-corrected chi connectivity index (χ1v) is 14.1. The number of amides is 1. The van der Waals surface area contributed by atoms with Gasteiger partial charge in [-0.05, 0) is 77.5 Å². The number of nitrogens with one attached hydrogen (secondary N) is 1. The number of aryl methyl sites for hydroxylation is 1. The van der Waals surface area contributed by atoms with Crippen molar-refractivity contribution in [1.82, 2.24) is 9.88 Å². The highest BCUT2D eigenvalue weighted by Gasteiger charge is 2.32. The minimum atomic E-state index is -0.725. The second-order valence-corrected chi connectivity index (χ2v) is 12.1. The summed E-state index contributed by atoms with van der Waals surface area (Å²) < 4.78 is 34.1. The van der Waals surface area contributed by atoms with E-state index in [-0.39, 0.29) is 41.0 Å². The van der Waals surface area contributed by atoms with Crippen LogP contribution >= 0.6 is 11.3 Å². The number of halogens is 1. The van der Waals surface area contributed by atoms with Gasteiger partial charge >= 0.3 is 12.1 Å². The van der Waals surface area contributed by atoms with Gasteiger partial charge in [0.15, 0.2) is 5.75 Å². The van der Waals surface area contributed by atoms with Gasteiger partial charge in [0.2, 0.25) is 5.43 Å². The topological polar surface area (TPSA) is 95.9 Å². The van der Waals surface area contributed by atoms with E-state index in [0.29, 0.717) is 10.4 Å². The maximum Gasteiger partial charge on any atom is 0.408 e. The van der Waals surface area contributed by atoms with E-state index in [2.05, 4.69) is 5.32 Å². The fraction of sp³-hybridized carbons (Fsp3) is 0.483. The minimum Gasteiger partial charge on any atom is -0.494 e. The van der Waals surface area contributed by atoms with Crippen LogP contribution in [-0.4, -0.2) is 35.9 Å². The predicted molar refractivity (Wildman–Crippen MR) is 147 cm³/mol. The van der Waals surface area contributed by atoms with Crippen LogP contribution < -0.4 is 15.5 Å². The third kappa shape index (κ3) is 5.26. The van der Waals surface area contributed by atoms with Crippen molar-refractivity contribution in [1.29, 1.82) is 0 Å². The van der Waals surface area contributed by atoms with E-state index in [1.165, 1.54) is 30.7 Å². The van der Waals surface area contributed by atoms with Crippen LogP contribution in [0.2, 0.25) is 0 Å². The fourth-order valence-corrected chi connectivity index (χ4v) is 6.49. The predicted octanol–water partition coefficient (Wildman–Crippen LogP) is 6.29. The van der Waals surface area contributed by atoms with Gasteiger partial charge in [0, 0.05) is 22.0 Å². The highest BCUT2D eigenvalue weighted by molar-refractivity contribution is 7.15. The molecule has 0 bridgehead atoms. The second kappa shape index (κ2) is 10.3. The average Bonchev–Trinajstić information content (AvgIpc) is 3.61. The number of hydrogen-bond acceptors (Lipinski definition) is 7. The molecule has 0 saturated heterocycles. The Bertz CT molecular complexity index is 1510. The monoisotopic (exact) mass is 556 g/mol. The summed E-state index contributed by atoms with van der Waals surface area (Å²) in [4.78, 5) is 40.0. The van der Waals surface area contributed by atoms with Gasteiger partial charge < -0.3 is 24.1 Å². The van der Waals surface area contributed by atoms with Crippen molar-refractivity contribution >= 4 is 34.3 Å². The number of esters is 1. The molecule has 2 heterocycles. The third-order valence-electron chi connectivity index (χ3n) is 6.90. The van der Waals surface area contributed by atoms with Gasteiger partial charge in [0.25, 0.3) is 0 Å². The van der Waals surface area contributed by atoms with E-state index in [1.807, 2.05) is 31.4 Å². The molecule has 2 aliphatic carbocycles. The first-order chi connectivity index (χ1) is 18.5. The van der Waals surface area contributed by atoms with Crippen LogP contribution in [-0.2, 0) is 15.9 Å². The molecule has 2 aromatic heterocycles. The Hall–Kier alpha value is -3.40. The molecule has 1 aromatic carbocycles.